The van der Waals surface area contributed by atoms with Crippen LogP contribution in [-0.4, -0.2) is 24.0 Å². The molecule has 1 aromatic rings. The maximum absolute atomic E-state index is 2.85. The number of likely N-dealkylation sites (tertiary alicyclic amines) is 1. The van der Waals surface area contributed by atoms with E-state index in [4.69, 9.17) is 0 Å². The zero-order chi connectivity index (χ0) is 12.7. The Balaban J connectivity index is 1.63. The number of fused-ring (bicyclic) bond motifs is 2. The molecule has 0 spiro atoms. The molecule has 19 heavy (non-hydrogen) atoms. The van der Waals surface area contributed by atoms with Crippen molar-refractivity contribution in [3.8, 4) is 0 Å². The molecule has 2 aliphatic carbocycles. The molecular formula is C18H25N. The number of nitrogens with zero attached hydrogens (tertiary/aromatic N) is 1. The minimum absolute atomic E-state index is 0.832. The average Bonchev–Trinajstić information content (AvgIpc) is 3.10. The van der Waals surface area contributed by atoms with Crippen molar-refractivity contribution in [2.24, 2.45) is 11.8 Å². The molecule has 4 rings (SSSR count). The first-order chi connectivity index (χ1) is 9.43. The maximum Gasteiger partial charge on any atom is 0.0195 e. The zero-order valence-electron chi connectivity index (χ0n) is 11.8. The van der Waals surface area contributed by atoms with E-state index >= 15 is 0 Å². The normalized spacial score (nSPS) is 38.7. The van der Waals surface area contributed by atoms with Crippen molar-refractivity contribution >= 4 is 0 Å². The van der Waals surface area contributed by atoms with E-state index in [2.05, 4.69) is 35.2 Å². The highest BCUT2D eigenvalue weighted by Crippen LogP contribution is 2.55. The average molecular weight is 255 g/mol. The molecule has 0 N–H and O–H groups in total. The van der Waals surface area contributed by atoms with Crippen LogP contribution in [0.25, 0.3) is 0 Å². The molecule has 2 bridgehead atoms. The van der Waals surface area contributed by atoms with Gasteiger partial charge >= 0.3 is 0 Å². The summed E-state index contributed by atoms with van der Waals surface area (Å²) in [5.41, 5.74) is 1.62. The van der Waals surface area contributed by atoms with Crippen molar-refractivity contribution in [2.45, 2.75) is 50.5 Å². The van der Waals surface area contributed by atoms with Gasteiger partial charge < -0.3 is 0 Å². The Bertz CT molecular complexity index is 421. The van der Waals surface area contributed by atoms with Crippen LogP contribution in [0.5, 0.6) is 0 Å². The number of hydrogen-bond acceptors (Lipinski definition) is 1. The number of rotatable bonds is 2. The summed E-state index contributed by atoms with van der Waals surface area (Å²) in [4.78, 5) is 2.85. The van der Waals surface area contributed by atoms with Crippen LogP contribution in [0.3, 0.4) is 0 Å². The van der Waals surface area contributed by atoms with Crippen molar-refractivity contribution in [2.75, 3.05) is 13.1 Å². The second-order valence-electron chi connectivity index (χ2n) is 6.86. The molecule has 1 heterocycles. The molecule has 1 nitrogen and oxygen atoms in total. The number of hydrogen-bond donors (Lipinski definition) is 0. The highest BCUT2D eigenvalue weighted by Gasteiger charge is 2.50. The lowest BCUT2D eigenvalue weighted by Crippen LogP contribution is -2.45. The molecule has 2 saturated carbocycles. The van der Waals surface area contributed by atoms with Gasteiger partial charge in [0, 0.05) is 12.0 Å². The first kappa shape index (κ1) is 12.0. The monoisotopic (exact) mass is 255 g/mol. The molecule has 1 heteroatoms. The van der Waals surface area contributed by atoms with E-state index in [0.29, 0.717) is 0 Å². The maximum atomic E-state index is 2.85. The van der Waals surface area contributed by atoms with Gasteiger partial charge in [-0.15, -0.1) is 0 Å². The second kappa shape index (κ2) is 4.94. The van der Waals surface area contributed by atoms with Gasteiger partial charge in [-0.25, -0.2) is 0 Å². The van der Waals surface area contributed by atoms with Gasteiger partial charge in [0.25, 0.3) is 0 Å². The van der Waals surface area contributed by atoms with Crippen LogP contribution >= 0.6 is 0 Å². The molecule has 4 unspecified atom stereocenters. The molecule has 0 amide bonds. The third-order valence-electron chi connectivity index (χ3n) is 5.87. The summed E-state index contributed by atoms with van der Waals surface area (Å²) in [6.07, 6.45) is 8.78. The fourth-order valence-electron chi connectivity index (χ4n) is 5.15. The van der Waals surface area contributed by atoms with Gasteiger partial charge in [0.15, 0.2) is 0 Å². The third-order valence-corrected chi connectivity index (χ3v) is 5.87. The first-order valence-electron chi connectivity index (χ1n) is 8.22. The molecule has 0 aromatic heterocycles. The molecule has 4 atom stereocenters. The lowest BCUT2D eigenvalue weighted by atomic mass is 9.78. The highest BCUT2D eigenvalue weighted by molar-refractivity contribution is 5.26. The summed E-state index contributed by atoms with van der Waals surface area (Å²) >= 11 is 0. The lowest BCUT2D eigenvalue weighted by molar-refractivity contribution is 0.103. The number of piperidine rings is 1. The van der Waals surface area contributed by atoms with E-state index in [1.807, 2.05) is 0 Å². The molecule has 1 saturated heterocycles. The fraction of sp³-hybridized carbons (Fsp3) is 0.667. The van der Waals surface area contributed by atoms with Crippen molar-refractivity contribution < 1.29 is 0 Å². The summed E-state index contributed by atoms with van der Waals surface area (Å²) in [5.74, 6) is 2.80. The van der Waals surface area contributed by atoms with E-state index in [-0.39, 0.29) is 0 Å². The minimum atomic E-state index is 0.832. The Labute approximate surface area is 117 Å². The molecule has 3 fully saturated rings. The van der Waals surface area contributed by atoms with Crippen LogP contribution in [0.2, 0.25) is 0 Å². The van der Waals surface area contributed by atoms with E-state index < -0.39 is 0 Å². The van der Waals surface area contributed by atoms with Gasteiger partial charge in [-0.1, -0.05) is 36.8 Å². The molecule has 1 aliphatic heterocycles. The molecule has 3 aliphatic rings. The lowest BCUT2D eigenvalue weighted by Gasteiger charge is -2.42. The van der Waals surface area contributed by atoms with E-state index in [1.54, 1.807) is 5.56 Å². The largest absolute Gasteiger partial charge is 0.299 e. The Kier molecular flexibility index (Phi) is 3.11. The molecular weight excluding hydrogens is 230 g/mol. The topological polar surface area (TPSA) is 3.24 Å². The van der Waals surface area contributed by atoms with Crippen molar-refractivity contribution in [3.05, 3.63) is 35.9 Å². The van der Waals surface area contributed by atoms with Gasteiger partial charge in [0.1, 0.15) is 0 Å². The molecule has 0 radical (unpaired) electrons. The summed E-state index contributed by atoms with van der Waals surface area (Å²) < 4.78 is 0. The van der Waals surface area contributed by atoms with E-state index in [0.717, 1.165) is 23.8 Å². The van der Waals surface area contributed by atoms with Gasteiger partial charge in [0.2, 0.25) is 0 Å². The van der Waals surface area contributed by atoms with Crippen molar-refractivity contribution in [3.63, 3.8) is 0 Å². The predicted molar refractivity (Wildman–Crippen MR) is 79.2 cm³/mol. The Morgan fingerprint density at radius 1 is 0.842 bits per heavy atom. The van der Waals surface area contributed by atoms with Crippen LogP contribution in [0.4, 0.5) is 0 Å². The summed E-state index contributed by atoms with van der Waals surface area (Å²) in [6.45, 7) is 2.72. The minimum Gasteiger partial charge on any atom is -0.299 e. The Hall–Kier alpha value is -0.820. The van der Waals surface area contributed by atoms with Crippen LogP contribution in [0.1, 0.15) is 50.0 Å². The van der Waals surface area contributed by atoms with Crippen molar-refractivity contribution in [1.82, 2.24) is 4.90 Å². The van der Waals surface area contributed by atoms with Gasteiger partial charge in [0.05, 0.1) is 0 Å². The second-order valence-corrected chi connectivity index (χ2v) is 6.86. The first-order valence-corrected chi connectivity index (χ1v) is 8.22. The fourth-order valence-corrected chi connectivity index (χ4v) is 5.15. The van der Waals surface area contributed by atoms with Crippen LogP contribution in [0.15, 0.2) is 30.3 Å². The van der Waals surface area contributed by atoms with Gasteiger partial charge in [-0.3, -0.25) is 4.90 Å². The summed E-state index contributed by atoms with van der Waals surface area (Å²) in [5, 5.41) is 0. The van der Waals surface area contributed by atoms with E-state index in [1.165, 1.54) is 51.6 Å². The van der Waals surface area contributed by atoms with Gasteiger partial charge in [-0.2, -0.15) is 0 Å². The van der Waals surface area contributed by atoms with Gasteiger partial charge in [-0.05, 0) is 62.6 Å². The Morgan fingerprint density at radius 2 is 1.58 bits per heavy atom. The predicted octanol–water partition coefficient (Wildman–Crippen LogP) is 4.05. The number of benzene rings is 1. The van der Waals surface area contributed by atoms with Crippen molar-refractivity contribution in [1.29, 1.82) is 0 Å². The quantitative estimate of drug-likeness (QED) is 0.770. The molecule has 102 valence electrons. The molecule has 1 aromatic carbocycles. The van der Waals surface area contributed by atoms with Crippen LogP contribution in [0, 0.1) is 11.8 Å². The zero-order valence-corrected chi connectivity index (χ0v) is 11.8. The standard InChI is InChI=1S/C18H25N/c1-3-7-14(8-4-1)17-15-9-10-16(13-15)18(17)19-11-5-2-6-12-19/h1,3-4,7-8,15-18H,2,5-6,9-13H2. The summed E-state index contributed by atoms with van der Waals surface area (Å²) in [6, 6.07) is 12.2. The van der Waals surface area contributed by atoms with E-state index in [9.17, 15) is 0 Å². The Morgan fingerprint density at radius 3 is 2.37 bits per heavy atom. The third kappa shape index (κ3) is 2.03. The SMILES string of the molecule is c1ccc(C2C3CCC(C3)C2N2CCCCC2)cc1. The smallest absolute Gasteiger partial charge is 0.0195 e. The van der Waals surface area contributed by atoms with Crippen LogP contribution in [-0.2, 0) is 0 Å². The summed E-state index contributed by atoms with van der Waals surface area (Å²) in [7, 11) is 0. The van der Waals surface area contributed by atoms with Crippen LogP contribution < -0.4 is 0 Å². The highest BCUT2D eigenvalue weighted by atomic mass is 15.2.